The maximum atomic E-state index is 11.8. The molecule has 0 fully saturated rings. The van der Waals surface area contributed by atoms with Crippen LogP contribution in [0.5, 0.6) is 0 Å². The highest BCUT2D eigenvalue weighted by atomic mass is 79.9. The first-order valence-corrected chi connectivity index (χ1v) is 7.76. The van der Waals surface area contributed by atoms with E-state index in [9.17, 15) is 4.79 Å². The number of benzene rings is 2. The lowest BCUT2D eigenvalue weighted by atomic mass is 10.1. The van der Waals surface area contributed by atoms with E-state index in [1.54, 1.807) is 0 Å². The van der Waals surface area contributed by atoms with Gasteiger partial charge in [-0.2, -0.15) is 0 Å². The van der Waals surface area contributed by atoms with Gasteiger partial charge < -0.3 is 10.6 Å². The molecule has 0 aliphatic rings. The Labute approximate surface area is 133 Å². The van der Waals surface area contributed by atoms with Crippen molar-refractivity contribution in [3.05, 3.63) is 64.1 Å². The van der Waals surface area contributed by atoms with E-state index in [1.807, 2.05) is 36.4 Å². The maximum Gasteiger partial charge on any atom is 0.238 e. The number of carbonyl (C=O) groups is 1. The first kappa shape index (κ1) is 15.7. The van der Waals surface area contributed by atoms with Crippen molar-refractivity contribution in [1.29, 1.82) is 0 Å². The first-order valence-electron chi connectivity index (χ1n) is 6.96. The first-order chi connectivity index (χ1) is 10.2. The molecule has 0 saturated heterocycles. The van der Waals surface area contributed by atoms with Gasteiger partial charge >= 0.3 is 0 Å². The van der Waals surface area contributed by atoms with Crippen molar-refractivity contribution < 1.29 is 4.79 Å². The molecule has 4 heteroatoms. The average molecular weight is 347 g/mol. The molecule has 0 heterocycles. The van der Waals surface area contributed by atoms with Gasteiger partial charge in [-0.3, -0.25) is 4.79 Å². The van der Waals surface area contributed by atoms with Crippen molar-refractivity contribution in [1.82, 2.24) is 5.32 Å². The van der Waals surface area contributed by atoms with Crippen LogP contribution in [0.1, 0.15) is 11.1 Å². The van der Waals surface area contributed by atoms with Crippen molar-refractivity contribution in [3.8, 4) is 0 Å². The molecule has 0 aliphatic heterocycles. The molecule has 0 bridgehead atoms. The van der Waals surface area contributed by atoms with Crippen molar-refractivity contribution in [3.63, 3.8) is 0 Å². The summed E-state index contributed by atoms with van der Waals surface area (Å²) in [7, 11) is 0. The van der Waals surface area contributed by atoms with E-state index in [0.29, 0.717) is 6.54 Å². The summed E-state index contributed by atoms with van der Waals surface area (Å²) in [4.78, 5) is 11.8. The summed E-state index contributed by atoms with van der Waals surface area (Å²) in [6.07, 6.45) is 0.926. The zero-order valence-corrected chi connectivity index (χ0v) is 13.6. The molecule has 0 spiro atoms. The minimum absolute atomic E-state index is 0.0355. The van der Waals surface area contributed by atoms with Gasteiger partial charge in [-0.15, -0.1) is 0 Å². The molecule has 2 aromatic carbocycles. The van der Waals surface area contributed by atoms with E-state index in [4.69, 9.17) is 0 Å². The van der Waals surface area contributed by atoms with Crippen molar-refractivity contribution in [2.24, 2.45) is 0 Å². The topological polar surface area (TPSA) is 41.1 Å². The number of para-hydroxylation sites is 1. The number of carbonyl (C=O) groups excluding carboxylic acids is 1. The number of aryl methyl sites for hydroxylation is 1. The summed E-state index contributed by atoms with van der Waals surface area (Å²) in [6, 6.07) is 15.9. The van der Waals surface area contributed by atoms with Gasteiger partial charge in [-0.1, -0.05) is 36.4 Å². The van der Waals surface area contributed by atoms with Gasteiger partial charge in [-0.25, -0.2) is 0 Å². The normalized spacial score (nSPS) is 10.4. The smallest absolute Gasteiger partial charge is 0.238 e. The fraction of sp³-hybridized carbons (Fsp3) is 0.235. The third-order valence-electron chi connectivity index (χ3n) is 3.27. The van der Waals surface area contributed by atoms with Crippen LogP contribution in [-0.4, -0.2) is 19.0 Å². The van der Waals surface area contributed by atoms with Gasteiger partial charge in [-0.05, 0) is 59.1 Å². The fourth-order valence-electron chi connectivity index (χ4n) is 2.07. The molecule has 110 valence electrons. The highest BCUT2D eigenvalue weighted by Crippen LogP contribution is 2.20. The van der Waals surface area contributed by atoms with Crippen LogP contribution in [-0.2, 0) is 11.2 Å². The van der Waals surface area contributed by atoms with Crippen LogP contribution in [0.25, 0.3) is 0 Å². The van der Waals surface area contributed by atoms with Gasteiger partial charge in [0.25, 0.3) is 0 Å². The highest BCUT2D eigenvalue weighted by Gasteiger charge is 2.04. The Balaban J connectivity index is 1.73. The number of amides is 1. The van der Waals surface area contributed by atoms with Crippen LogP contribution >= 0.6 is 15.9 Å². The Bertz CT molecular complexity index is 613. The second kappa shape index (κ2) is 7.96. The van der Waals surface area contributed by atoms with Crippen molar-refractivity contribution in [2.75, 3.05) is 18.4 Å². The number of nitrogens with one attached hydrogen (secondary N) is 2. The van der Waals surface area contributed by atoms with E-state index in [2.05, 4.69) is 45.6 Å². The van der Waals surface area contributed by atoms with Crippen LogP contribution in [0.15, 0.2) is 53.0 Å². The molecule has 3 nitrogen and oxygen atoms in total. The summed E-state index contributed by atoms with van der Waals surface area (Å²) in [5, 5.41) is 6.05. The lowest BCUT2D eigenvalue weighted by Crippen LogP contribution is -2.29. The molecule has 0 atom stereocenters. The molecular weight excluding hydrogens is 328 g/mol. The minimum Gasteiger partial charge on any atom is -0.324 e. The van der Waals surface area contributed by atoms with Crippen LogP contribution < -0.4 is 10.6 Å². The third kappa shape index (κ3) is 4.99. The Morgan fingerprint density at radius 1 is 1.10 bits per heavy atom. The average Bonchev–Trinajstić information content (AvgIpc) is 2.48. The number of hydrogen-bond donors (Lipinski definition) is 2. The summed E-state index contributed by atoms with van der Waals surface area (Å²) >= 11 is 3.41. The summed E-state index contributed by atoms with van der Waals surface area (Å²) in [5.41, 5.74) is 3.40. The van der Waals surface area contributed by atoms with Gasteiger partial charge in [0.15, 0.2) is 0 Å². The van der Waals surface area contributed by atoms with Gasteiger partial charge in [0.1, 0.15) is 0 Å². The summed E-state index contributed by atoms with van der Waals surface area (Å²) < 4.78 is 0.887. The maximum absolute atomic E-state index is 11.8. The molecule has 2 rings (SSSR count). The Hall–Kier alpha value is -1.65. The number of halogens is 1. The minimum atomic E-state index is -0.0355. The van der Waals surface area contributed by atoms with E-state index in [0.717, 1.165) is 23.1 Å². The summed E-state index contributed by atoms with van der Waals surface area (Å²) in [5.74, 6) is -0.0355. The van der Waals surface area contributed by atoms with Crippen LogP contribution in [0.2, 0.25) is 0 Å². The monoisotopic (exact) mass is 346 g/mol. The van der Waals surface area contributed by atoms with E-state index in [1.165, 1.54) is 11.1 Å². The lowest BCUT2D eigenvalue weighted by Gasteiger charge is -2.09. The predicted molar refractivity (Wildman–Crippen MR) is 90.5 cm³/mol. The molecule has 2 aromatic rings. The molecule has 0 aliphatic carbocycles. The van der Waals surface area contributed by atoms with E-state index >= 15 is 0 Å². The molecule has 0 unspecified atom stereocenters. The van der Waals surface area contributed by atoms with Crippen molar-refractivity contribution in [2.45, 2.75) is 13.3 Å². The van der Waals surface area contributed by atoms with Crippen molar-refractivity contribution >= 4 is 27.5 Å². The van der Waals surface area contributed by atoms with Crippen LogP contribution in [0.4, 0.5) is 5.69 Å². The standard InChI is InChI=1S/C17H19BrN2O/c1-13-6-2-3-7-14(13)10-11-19-12-17(21)20-16-9-5-4-8-15(16)18/h2-9,19H,10-12H2,1H3,(H,20,21). The Morgan fingerprint density at radius 2 is 1.81 bits per heavy atom. The third-order valence-corrected chi connectivity index (χ3v) is 3.96. The summed E-state index contributed by atoms with van der Waals surface area (Å²) in [6.45, 7) is 3.20. The number of anilines is 1. The van der Waals surface area contributed by atoms with Gasteiger partial charge in [0.2, 0.25) is 5.91 Å². The second-order valence-corrected chi connectivity index (χ2v) is 5.74. The van der Waals surface area contributed by atoms with E-state index < -0.39 is 0 Å². The quantitative estimate of drug-likeness (QED) is 0.785. The lowest BCUT2D eigenvalue weighted by molar-refractivity contribution is -0.115. The Morgan fingerprint density at radius 3 is 2.57 bits per heavy atom. The largest absolute Gasteiger partial charge is 0.324 e. The predicted octanol–water partition coefficient (Wildman–Crippen LogP) is 3.53. The molecule has 2 N–H and O–H groups in total. The zero-order chi connectivity index (χ0) is 15.1. The SMILES string of the molecule is Cc1ccccc1CCNCC(=O)Nc1ccccc1Br. The van der Waals surface area contributed by atoms with Gasteiger partial charge in [0, 0.05) is 4.47 Å². The van der Waals surface area contributed by atoms with Crippen LogP contribution in [0.3, 0.4) is 0 Å². The molecule has 21 heavy (non-hydrogen) atoms. The van der Waals surface area contributed by atoms with Crippen LogP contribution in [0, 0.1) is 6.92 Å². The van der Waals surface area contributed by atoms with E-state index in [-0.39, 0.29) is 5.91 Å². The number of rotatable bonds is 6. The molecule has 0 aromatic heterocycles. The fourth-order valence-corrected chi connectivity index (χ4v) is 2.46. The highest BCUT2D eigenvalue weighted by molar-refractivity contribution is 9.10. The molecular formula is C17H19BrN2O. The number of hydrogen-bond acceptors (Lipinski definition) is 2. The molecule has 0 saturated carbocycles. The Kier molecular flexibility index (Phi) is 5.96. The second-order valence-electron chi connectivity index (χ2n) is 4.88. The zero-order valence-electron chi connectivity index (χ0n) is 12.0. The molecule has 1 amide bonds. The van der Waals surface area contributed by atoms with Gasteiger partial charge in [0.05, 0.1) is 12.2 Å². The molecule has 0 radical (unpaired) electrons.